The number of rotatable bonds is 5. The molecule has 3 aromatic rings. The van der Waals surface area contributed by atoms with Crippen molar-refractivity contribution in [3.05, 3.63) is 80.2 Å². The summed E-state index contributed by atoms with van der Waals surface area (Å²) in [6, 6.07) is 11.8. The molecule has 2 atom stereocenters. The van der Waals surface area contributed by atoms with E-state index < -0.39 is 11.4 Å². The largest absolute Gasteiger partial charge is 0.478 e. The van der Waals surface area contributed by atoms with Crippen LogP contribution in [0.3, 0.4) is 0 Å². The third-order valence-electron chi connectivity index (χ3n) is 6.30. The zero-order chi connectivity index (χ0) is 22.5. The number of carbonyl (C=O) groups is 1. The monoisotopic (exact) mass is 418 g/mol. The molecule has 2 unspecified atom stereocenters. The summed E-state index contributed by atoms with van der Waals surface area (Å²) in [7, 11) is 0. The first-order valence-corrected chi connectivity index (χ1v) is 11.1. The fraction of sp³-hybridized carbons (Fsp3) is 0.407. The number of aromatic carboxylic acids is 1. The van der Waals surface area contributed by atoms with Crippen molar-refractivity contribution in [1.29, 1.82) is 0 Å². The summed E-state index contributed by atoms with van der Waals surface area (Å²) in [5.74, 6) is 0.317. The Kier molecular flexibility index (Phi) is 5.28. The van der Waals surface area contributed by atoms with Crippen molar-refractivity contribution in [3.8, 4) is 0 Å². The smallest absolute Gasteiger partial charge is 0.336 e. The van der Waals surface area contributed by atoms with Gasteiger partial charge < -0.3 is 9.52 Å². The molecule has 0 amide bonds. The van der Waals surface area contributed by atoms with Gasteiger partial charge in [0.25, 0.3) is 0 Å². The van der Waals surface area contributed by atoms with Crippen LogP contribution in [0.1, 0.15) is 90.7 Å². The highest BCUT2D eigenvalue weighted by molar-refractivity contribution is 5.97. The van der Waals surface area contributed by atoms with Crippen LogP contribution < -0.4 is 5.43 Å². The summed E-state index contributed by atoms with van der Waals surface area (Å²) < 4.78 is 6.40. The molecule has 0 bridgehead atoms. The average Bonchev–Trinajstić information content (AvgIpc) is 3.49. The minimum absolute atomic E-state index is 0.0688. The summed E-state index contributed by atoms with van der Waals surface area (Å²) >= 11 is 0. The van der Waals surface area contributed by atoms with Crippen LogP contribution in [0.2, 0.25) is 0 Å². The van der Waals surface area contributed by atoms with Gasteiger partial charge in [-0.25, -0.2) is 4.79 Å². The van der Waals surface area contributed by atoms with Gasteiger partial charge in [0.05, 0.1) is 10.9 Å². The number of benzene rings is 2. The van der Waals surface area contributed by atoms with E-state index in [1.807, 2.05) is 20.8 Å². The molecule has 0 spiro atoms. The molecular formula is C27H30O4. The van der Waals surface area contributed by atoms with E-state index in [9.17, 15) is 14.7 Å². The third-order valence-corrected chi connectivity index (χ3v) is 6.30. The molecule has 0 radical (unpaired) electrons. The van der Waals surface area contributed by atoms with Gasteiger partial charge in [0.15, 0.2) is 5.43 Å². The molecule has 1 aliphatic carbocycles. The molecule has 1 fully saturated rings. The van der Waals surface area contributed by atoms with E-state index in [0.29, 0.717) is 34.4 Å². The van der Waals surface area contributed by atoms with E-state index in [0.717, 1.165) is 18.6 Å². The first kappa shape index (κ1) is 21.4. The van der Waals surface area contributed by atoms with E-state index >= 15 is 0 Å². The Morgan fingerprint density at radius 3 is 2.35 bits per heavy atom. The van der Waals surface area contributed by atoms with Gasteiger partial charge in [-0.3, -0.25) is 4.79 Å². The van der Waals surface area contributed by atoms with E-state index in [4.69, 9.17) is 4.42 Å². The van der Waals surface area contributed by atoms with Crippen molar-refractivity contribution in [2.24, 2.45) is 0 Å². The van der Waals surface area contributed by atoms with Crippen LogP contribution in [0.25, 0.3) is 11.0 Å². The number of hydrogen-bond donors (Lipinski definition) is 1. The summed E-state index contributed by atoms with van der Waals surface area (Å²) in [6.07, 6.45) is 2.42. The van der Waals surface area contributed by atoms with Crippen LogP contribution in [-0.4, -0.2) is 11.1 Å². The maximum absolute atomic E-state index is 13.7. The molecule has 4 rings (SSSR count). The number of carboxylic acids is 1. The second-order valence-electron chi connectivity index (χ2n) is 9.80. The Balaban J connectivity index is 1.92. The number of aryl methyl sites for hydroxylation is 1. The molecule has 0 saturated heterocycles. The van der Waals surface area contributed by atoms with Gasteiger partial charge in [-0.05, 0) is 54.4 Å². The van der Waals surface area contributed by atoms with Crippen molar-refractivity contribution in [1.82, 2.24) is 0 Å². The Morgan fingerprint density at radius 2 is 1.77 bits per heavy atom. The second kappa shape index (κ2) is 7.67. The van der Waals surface area contributed by atoms with E-state index in [-0.39, 0.29) is 16.9 Å². The minimum Gasteiger partial charge on any atom is -0.478 e. The first-order valence-electron chi connectivity index (χ1n) is 11.1. The molecule has 31 heavy (non-hydrogen) atoms. The molecule has 1 heterocycles. The summed E-state index contributed by atoms with van der Waals surface area (Å²) in [6.45, 7) is 9.95. The standard InChI is InChI=1S/C27H30O4/c1-6-7-18-24(28)22-21(13-12-17(26(29)30)23(22)27(3,4)5)31-25(18)20-14-19(20)16-10-8-15(2)9-11-16/h8-13,19-20H,6-7,14H2,1-5H3,(H,29,30). The summed E-state index contributed by atoms with van der Waals surface area (Å²) in [5, 5.41) is 10.2. The third kappa shape index (κ3) is 3.80. The Morgan fingerprint density at radius 1 is 1.10 bits per heavy atom. The van der Waals surface area contributed by atoms with Gasteiger partial charge in [-0.2, -0.15) is 0 Å². The van der Waals surface area contributed by atoms with E-state index in [1.165, 1.54) is 11.1 Å². The highest BCUT2D eigenvalue weighted by Gasteiger charge is 2.43. The lowest BCUT2D eigenvalue weighted by molar-refractivity contribution is 0.0694. The molecule has 1 saturated carbocycles. The Labute approximate surface area is 182 Å². The fourth-order valence-corrected chi connectivity index (χ4v) is 4.75. The van der Waals surface area contributed by atoms with Crippen LogP contribution in [0.4, 0.5) is 0 Å². The summed E-state index contributed by atoms with van der Waals surface area (Å²) in [5.41, 5.74) is 3.86. The molecular weight excluding hydrogens is 388 g/mol. The van der Waals surface area contributed by atoms with Crippen molar-refractivity contribution in [3.63, 3.8) is 0 Å². The van der Waals surface area contributed by atoms with Gasteiger partial charge in [0.2, 0.25) is 0 Å². The van der Waals surface area contributed by atoms with Gasteiger partial charge in [-0.1, -0.05) is 63.9 Å². The van der Waals surface area contributed by atoms with Gasteiger partial charge >= 0.3 is 5.97 Å². The summed E-state index contributed by atoms with van der Waals surface area (Å²) in [4.78, 5) is 25.7. The first-order chi connectivity index (χ1) is 14.6. The Bertz CT molecular complexity index is 1210. The quantitative estimate of drug-likeness (QED) is 0.526. The molecule has 0 aliphatic heterocycles. The molecule has 162 valence electrons. The number of hydrogen-bond acceptors (Lipinski definition) is 3. The van der Waals surface area contributed by atoms with Crippen LogP contribution in [0.5, 0.6) is 0 Å². The highest BCUT2D eigenvalue weighted by atomic mass is 16.4. The van der Waals surface area contributed by atoms with Crippen LogP contribution >= 0.6 is 0 Å². The topological polar surface area (TPSA) is 67.5 Å². The van der Waals surface area contributed by atoms with E-state index in [1.54, 1.807) is 12.1 Å². The van der Waals surface area contributed by atoms with Crippen LogP contribution in [-0.2, 0) is 11.8 Å². The molecule has 1 aliphatic rings. The predicted molar refractivity (Wildman–Crippen MR) is 123 cm³/mol. The number of carboxylic acid groups (broad SMARTS) is 1. The fourth-order valence-electron chi connectivity index (χ4n) is 4.75. The molecule has 1 aromatic heterocycles. The van der Waals surface area contributed by atoms with Gasteiger partial charge in [0.1, 0.15) is 11.3 Å². The van der Waals surface area contributed by atoms with Crippen LogP contribution in [0.15, 0.2) is 45.6 Å². The predicted octanol–water partition coefficient (Wildman–Crippen LogP) is 6.32. The molecule has 1 N–H and O–H groups in total. The average molecular weight is 419 g/mol. The van der Waals surface area contributed by atoms with Gasteiger partial charge in [-0.15, -0.1) is 0 Å². The zero-order valence-electron chi connectivity index (χ0n) is 18.9. The minimum atomic E-state index is -1.02. The highest BCUT2D eigenvalue weighted by Crippen LogP contribution is 2.55. The van der Waals surface area contributed by atoms with Crippen molar-refractivity contribution < 1.29 is 14.3 Å². The SMILES string of the molecule is CCCc1c(C2CC2c2ccc(C)cc2)oc2ccc(C(=O)O)c(C(C)(C)C)c2c1=O. The molecule has 2 aromatic carbocycles. The normalized spacial score (nSPS) is 18.4. The van der Waals surface area contributed by atoms with Crippen molar-refractivity contribution in [2.75, 3.05) is 0 Å². The molecule has 4 heteroatoms. The molecule has 4 nitrogen and oxygen atoms in total. The number of fused-ring (bicyclic) bond motifs is 1. The maximum Gasteiger partial charge on any atom is 0.336 e. The lowest BCUT2D eigenvalue weighted by Gasteiger charge is -2.23. The Hall–Kier alpha value is -2.88. The van der Waals surface area contributed by atoms with Gasteiger partial charge in [0, 0.05) is 11.5 Å². The second-order valence-corrected chi connectivity index (χ2v) is 9.80. The van der Waals surface area contributed by atoms with Crippen molar-refractivity contribution >= 4 is 16.9 Å². The lowest BCUT2D eigenvalue weighted by Crippen LogP contribution is -2.23. The van der Waals surface area contributed by atoms with E-state index in [2.05, 4.69) is 38.1 Å². The lowest BCUT2D eigenvalue weighted by atomic mass is 9.80. The maximum atomic E-state index is 13.7. The van der Waals surface area contributed by atoms with Crippen LogP contribution in [0, 0.1) is 6.92 Å². The zero-order valence-corrected chi connectivity index (χ0v) is 18.9. The van der Waals surface area contributed by atoms with Crippen molar-refractivity contribution in [2.45, 2.75) is 71.1 Å².